The van der Waals surface area contributed by atoms with Crippen LogP contribution in [-0.2, 0) is 51.2 Å². The number of likely N-dealkylation sites (N-methyl/N-ethyl adjacent to an activating group) is 1. The number of fused-ring (bicyclic) bond motifs is 2. The van der Waals surface area contributed by atoms with E-state index in [9.17, 15) is 14.4 Å². The van der Waals surface area contributed by atoms with Gasteiger partial charge in [0.05, 0.1) is 23.0 Å². The zero-order chi connectivity index (χ0) is 34.5. The minimum Gasteiger partial charge on any atom is -0.444 e. The quantitative estimate of drug-likeness (QED) is 0.260. The van der Waals surface area contributed by atoms with E-state index in [-0.39, 0.29) is 30.5 Å². The van der Waals surface area contributed by atoms with Gasteiger partial charge in [-0.3, -0.25) is 9.59 Å². The van der Waals surface area contributed by atoms with Crippen LogP contribution in [0.2, 0.25) is 5.02 Å². The Labute approximate surface area is 285 Å². The zero-order valence-electron chi connectivity index (χ0n) is 28.6. The number of aromatic nitrogens is 4. The second-order valence-corrected chi connectivity index (χ2v) is 14.1. The molecular weight excluding hydrogens is 630 g/mol. The van der Waals surface area contributed by atoms with E-state index in [1.807, 2.05) is 82.8 Å². The molecule has 2 amide bonds. The van der Waals surface area contributed by atoms with Crippen LogP contribution in [0.15, 0.2) is 36.4 Å². The fraction of sp³-hybridized carbons (Fsp3) is 0.417. The van der Waals surface area contributed by atoms with Crippen molar-refractivity contribution in [3.05, 3.63) is 87.0 Å². The number of anilines is 1. The molecule has 2 aliphatic rings. The highest BCUT2D eigenvalue weighted by atomic mass is 35.5. The van der Waals surface area contributed by atoms with Crippen LogP contribution in [0.25, 0.3) is 11.1 Å². The third kappa shape index (κ3) is 6.49. The minimum absolute atomic E-state index is 0.0849. The number of hydrogen-bond donors (Lipinski definition) is 1. The summed E-state index contributed by atoms with van der Waals surface area (Å²) in [7, 11) is 5.78. The number of carbonyl (C=O) groups is 3. The second kappa shape index (κ2) is 12.9. The molecule has 2 aromatic carbocycles. The Bertz CT molecular complexity index is 1940. The lowest BCUT2D eigenvalue weighted by atomic mass is 9.96. The molecule has 4 aromatic rings. The van der Waals surface area contributed by atoms with E-state index in [2.05, 4.69) is 22.2 Å². The van der Waals surface area contributed by atoms with E-state index < -0.39 is 11.7 Å². The van der Waals surface area contributed by atoms with E-state index in [0.717, 1.165) is 53.3 Å². The summed E-state index contributed by atoms with van der Waals surface area (Å²) < 4.78 is 9.26. The SMILES string of the molecule is Cc1c(NC(=O)c2nc3c(n2C)CCN(C(=O)OC(C)(C)C)C3)cccc1-c1cccc(CC(=O)c2nc3c(n2C)CCN(C)C3)c1Cl. The molecule has 2 aromatic heterocycles. The first kappa shape index (κ1) is 33.4. The van der Waals surface area contributed by atoms with Crippen LogP contribution in [0.3, 0.4) is 0 Å². The molecule has 6 rings (SSSR count). The molecule has 0 bridgehead atoms. The number of amides is 2. The Hall–Kier alpha value is -4.48. The third-order valence-electron chi connectivity index (χ3n) is 9.11. The van der Waals surface area contributed by atoms with Crippen LogP contribution in [0.1, 0.15) is 75.9 Å². The first-order valence-corrected chi connectivity index (χ1v) is 16.6. The summed E-state index contributed by atoms with van der Waals surface area (Å²) in [4.78, 5) is 52.9. The number of Topliss-reactive ketones (excluding diaryl/α,β-unsaturated/α-hetero) is 1. The van der Waals surface area contributed by atoms with Gasteiger partial charge in [0.15, 0.2) is 11.6 Å². The molecule has 252 valence electrons. The van der Waals surface area contributed by atoms with Crippen LogP contribution >= 0.6 is 11.6 Å². The highest BCUT2D eigenvalue weighted by Crippen LogP contribution is 2.36. The molecule has 0 atom stereocenters. The molecule has 1 N–H and O–H groups in total. The fourth-order valence-electron chi connectivity index (χ4n) is 6.54. The van der Waals surface area contributed by atoms with Gasteiger partial charge in [-0.05, 0) is 57.5 Å². The first-order valence-electron chi connectivity index (χ1n) is 16.2. The van der Waals surface area contributed by atoms with Crippen LogP contribution in [0.4, 0.5) is 10.5 Å². The lowest BCUT2D eigenvalue weighted by Gasteiger charge is -2.29. The summed E-state index contributed by atoms with van der Waals surface area (Å²) in [6, 6.07) is 11.3. The van der Waals surface area contributed by atoms with Crippen LogP contribution in [-0.4, -0.2) is 72.4 Å². The summed E-state index contributed by atoms with van der Waals surface area (Å²) in [5.74, 6) is 0.270. The number of imidazole rings is 2. The molecule has 0 radical (unpaired) electrons. The van der Waals surface area contributed by atoms with Gasteiger partial charge in [0.25, 0.3) is 5.91 Å². The number of halogens is 1. The maximum absolute atomic E-state index is 13.6. The van der Waals surface area contributed by atoms with Gasteiger partial charge in [0.2, 0.25) is 5.78 Å². The maximum Gasteiger partial charge on any atom is 0.410 e. The zero-order valence-corrected chi connectivity index (χ0v) is 29.4. The predicted molar refractivity (Wildman–Crippen MR) is 184 cm³/mol. The normalized spacial score (nSPS) is 14.8. The van der Waals surface area contributed by atoms with E-state index in [1.54, 1.807) is 9.47 Å². The molecule has 0 saturated carbocycles. The molecular formula is C36H42ClN7O4. The fourth-order valence-corrected chi connectivity index (χ4v) is 6.83. The van der Waals surface area contributed by atoms with Crippen molar-refractivity contribution in [1.29, 1.82) is 0 Å². The number of rotatable bonds is 6. The summed E-state index contributed by atoms with van der Waals surface area (Å²) in [6.07, 6.45) is 1.15. The van der Waals surface area contributed by atoms with E-state index in [0.29, 0.717) is 40.8 Å². The van der Waals surface area contributed by atoms with Crippen molar-refractivity contribution in [2.45, 2.75) is 65.6 Å². The lowest BCUT2D eigenvalue weighted by molar-refractivity contribution is 0.0220. The smallest absolute Gasteiger partial charge is 0.410 e. The molecule has 0 saturated heterocycles. The van der Waals surface area contributed by atoms with Gasteiger partial charge < -0.3 is 29.0 Å². The molecule has 4 heterocycles. The number of ether oxygens (including phenoxy) is 1. The molecule has 0 aliphatic carbocycles. The van der Waals surface area contributed by atoms with Gasteiger partial charge >= 0.3 is 6.09 Å². The lowest BCUT2D eigenvalue weighted by Crippen LogP contribution is -2.40. The molecule has 12 heteroatoms. The monoisotopic (exact) mass is 671 g/mol. The average Bonchev–Trinajstić information content (AvgIpc) is 3.54. The van der Waals surface area contributed by atoms with Gasteiger partial charge in [0.1, 0.15) is 5.60 Å². The summed E-state index contributed by atoms with van der Waals surface area (Å²) >= 11 is 6.99. The number of hydrogen-bond acceptors (Lipinski definition) is 7. The molecule has 0 unspecified atom stereocenters. The van der Waals surface area contributed by atoms with Crippen LogP contribution < -0.4 is 5.32 Å². The second-order valence-electron chi connectivity index (χ2n) is 13.7. The maximum atomic E-state index is 13.6. The largest absolute Gasteiger partial charge is 0.444 e. The number of benzene rings is 2. The van der Waals surface area contributed by atoms with Gasteiger partial charge in [-0.15, -0.1) is 0 Å². The molecule has 48 heavy (non-hydrogen) atoms. The van der Waals surface area contributed by atoms with Crippen LogP contribution in [0, 0.1) is 6.92 Å². The van der Waals surface area contributed by atoms with Crippen molar-refractivity contribution in [2.75, 3.05) is 25.5 Å². The van der Waals surface area contributed by atoms with Gasteiger partial charge in [-0.1, -0.05) is 41.9 Å². The van der Waals surface area contributed by atoms with Gasteiger partial charge in [-0.2, -0.15) is 0 Å². The van der Waals surface area contributed by atoms with Crippen molar-refractivity contribution in [3.8, 4) is 11.1 Å². The molecule has 0 spiro atoms. The van der Waals surface area contributed by atoms with E-state index in [4.69, 9.17) is 21.3 Å². The summed E-state index contributed by atoms with van der Waals surface area (Å²) in [6.45, 7) is 9.85. The highest BCUT2D eigenvalue weighted by molar-refractivity contribution is 6.34. The van der Waals surface area contributed by atoms with Crippen molar-refractivity contribution in [1.82, 2.24) is 28.9 Å². The number of ketones is 1. The summed E-state index contributed by atoms with van der Waals surface area (Å²) in [5, 5.41) is 3.52. The first-order chi connectivity index (χ1) is 22.7. The predicted octanol–water partition coefficient (Wildman–Crippen LogP) is 5.74. The standard InChI is InChI=1S/C36H42ClN7O4/c1-21-23(24-12-8-10-22(31(24)37)18-30(45)32-38-26-19-41(5)16-14-28(26)42(32)6)11-9-13-25(21)40-34(46)33-39-27-20-44(17-15-29(27)43(33)7)35(47)48-36(2,3)4/h8-13H,14-20H2,1-7H3,(H,40,46). The Balaban J connectivity index is 1.20. The number of nitrogens with zero attached hydrogens (tertiary/aromatic N) is 6. The van der Waals surface area contributed by atoms with Crippen molar-refractivity contribution in [2.24, 2.45) is 14.1 Å². The third-order valence-corrected chi connectivity index (χ3v) is 9.55. The van der Waals surface area contributed by atoms with Crippen LogP contribution in [0.5, 0.6) is 0 Å². The molecule has 0 fully saturated rings. The Morgan fingerprint density at radius 3 is 2.23 bits per heavy atom. The van der Waals surface area contributed by atoms with Crippen molar-refractivity contribution in [3.63, 3.8) is 0 Å². The average molecular weight is 672 g/mol. The Morgan fingerprint density at radius 2 is 1.50 bits per heavy atom. The van der Waals surface area contributed by atoms with Crippen molar-refractivity contribution < 1.29 is 19.1 Å². The van der Waals surface area contributed by atoms with Gasteiger partial charge in [0, 0.05) is 75.6 Å². The van der Waals surface area contributed by atoms with E-state index in [1.165, 1.54) is 0 Å². The van der Waals surface area contributed by atoms with E-state index >= 15 is 0 Å². The Kier molecular flexibility index (Phi) is 8.95. The highest BCUT2D eigenvalue weighted by Gasteiger charge is 2.31. The minimum atomic E-state index is -0.599. The number of nitrogens with one attached hydrogen (secondary N) is 1. The Morgan fingerprint density at radius 1 is 0.875 bits per heavy atom. The molecule has 2 aliphatic heterocycles. The summed E-state index contributed by atoms with van der Waals surface area (Å²) in [5.41, 5.74) is 6.84. The van der Waals surface area contributed by atoms with Gasteiger partial charge in [-0.25, -0.2) is 14.8 Å². The topological polar surface area (TPSA) is 115 Å². The van der Waals surface area contributed by atoms with Crippen molar-refractivity contribution >= 4 is 35.1 Å². The molecule has 11 nitrogen and oxygen atoms in total. The number of carbonyl (C=O) groups excluding carboxylic acids is 3.